The molecule has 33 heavy (non-hydrogen) atoms. The van der Waals surface area contributed by atoms with Crippen LogP contribution in [0.15, 0.2) is 54.6 Å². The van der Waals surface area contributed by atoms with E-state index in [2.05, 4.69) is 5.32 Å². The first-order valence-corrected chi connectivity index (χ1v) is 12.6. The van der Waals surface area contributed by atoms with Crippen LogP contribution in [-0.2, 0) is 26.2 Å². The fourth-order valence-electron chi connectivity index (χ4n) is 3.25. The molecule has 2 amide bonds. The van der Waals surface area contributed by atoms with Crippen molar-refractivity contribution >= 4 is 33.3 Å². The summed E-state index contributed by atoms with van der Waals surface area (Å²) in [6.45, 7) is 5.05. The minimum absolute atomic E-state index is 0.144. The Bertz CT molecular complexity index is 1090. The molecular formula is C24H31N3O5S. The molecule has 1 N–H and O–H groups in total. The van der Waals surface area contributed by atoms with Gasteiger partial charge in [0.2, 0.25) is 21.8 Å². The van der Waals surface area contributed by atoms with Crippen molar-refractivity contribution in [2.45, 2.75) is 39.8 Å². The second-order valence-electron chi connectivity index (χ2n) is 7.85. The van der Waals surface area contributed by atoms with E-state index in [4.69, 9.17) is 0 Å². The van der Waals surface area contributed by atoms with E-state index in [1.54, 1.807) is 19.1 Å². The Morgan fingerprint density at radius 2 is 1.70 bits per heavy atom. The maximum absolute atomic E-state index is 13.4. The number of ketones is 1. The number of amides is 2. The summed E-state index contributed by atoms with van der Waals surface area (Å²) >= 11 is 0. The van der Waals surface area contributed by atoms with Gasteiger partial charge in [-0.15, -0.1) is 0 Å². The number of hydrogen-bond donors (Lipinski definition) is 1. The minimum Gasteiger partial charge on any atom is -0.354 e. The monoisotopic (exact) mass is 473 g/mol. The van der Waals surface area contributed by atoms with Crippen LogP contribution in [0.5, 0.6) is 0 Å². The molecular weight excluding hydrogens is 442 g/mol. The van der Waals surface area contributed by atoms with Gasteiger partial charge in [0.05, 0.1) is 11.9 Å². The molecule has 0 spiro atoms. The van der Waals surface area contributed by atoms with Crippen molar-refractivity contribution in [3.05, 3.63) is 65.7 Å². The third kappa shape index (κ3) is 7.42. The molecule has 9 heteroatoms. The molecule has 0 saturated heterocycles. The highest BCUT2D eigenvalue weighted by Gasteiger charge is 2.30. The zero-order valence-corrected chi connectivity index (χ0v) is 20.3. The van der Waals surface area contributed by atoms with E-state index < -0.39 is 28.5 Å². The molecule has 0 saturated carbocycles. The van der Waals surface area contributed by atoms with Crippen LogP contribution >= 0.6 is 0 Å². The fraction of sp³-hybridized carbons (Fsp3) is 0.375. The first-order chi connectivity index (χ1) is 15.5. The molecule has 0 unspecified atom stereocenters. The van der Waals surface area contributed by atoms with Crippen molar-refractivity contribution in [2.75, 3.05) is 23.7 Å². The van der Waals surface area contributed by atoms with Crippen LogP contribution in [0.2, 0.25) is 0 Å². The molecule has 0 heterocycles. The summed E-state index contributed by atoms with van der Waals surface area (Å²) in [4.78, 5) is 39.2. The van der Waals surface area contributed by atoms with E-state index in [0.717, 1.165) is 22.5 Å². The number of anilines is 1. The summed E-state index contributed by atoms with van der Waals surface area (Å²) in [5, 5.41) is 2.79. The maximum atomic E-state index is 13.4. The summed E-state index contributed by atoms with van der Waals surface area (Å²) < 4.78 is 26.1. The van der Waals surface area contributed by atoms with E-state index >= 15 is 0 Å². The first kappa shape index (κ1) is 26.1. The largest absolute Gasteiger partial charge is 0.354 e. The lowest BCUT2D eigenvalue weighted by Gasteiger charge is -2.31. The Kier molecular flexibility index (Phi) is 9.16. The van der Waals surface area contributed by atoms with Gasteiger partial charge in [-0.1, -0.05) is 49.4 Å². The molecule has 0 fully saturated rings. The van der Waals surface area contributed by atoms with Crippen LogP contribution in [0, 0.1) is 0 Å². The Labute approximate surface area is 195 Å². The zero-order valence-electron chi connectivity index (χ0n) is 19.4. The molecule has 2 aromatic rings. The molecule has 0 aromatic heterocycles. The van der Waals surface area contributed by atoms with Gasteiger partial charge >= 0.3 is 0 Å². The highest BCUT2D eigenvalue weighted by Crippen LogP contribution is 2.21. The second kappa shape index (κ2) is 11.6. The number of nitrogens with one attached hydrogen (secondary N) is 1. The maximum Gasteiger partial charge on any atom is 0.244 e. The molecule has 178 valence electrons. The number of Topliss-reactive ketones (excluding diaryl/α,β-unsaturated/α-hetero) is 1. The third-order valence-electron chi connectivity index (χ3n) is 5.13. The Hall–Kier alpha value is -3.20. The van der Waals surface area contributed by atoms with Crippen molar-refractivity contribution in [2.24, 2.45) is 0 Å². The molecule has 0 bridgehead atoms. The first-order valence-electron chi connectivity index (χ1n) is 10.7. The number of nitrogens with zero attached hydrogens (tertiary/aromatic N) is 2. The average molecular weight is 474 g/mol. The van der Waals surface area contributed by atoms with Crippen molar-refractivity contribution < 1.29 is 22.8 Å². The third-order valence-corrected chi connectivity index (χ3v) is 6.27. The SMILES string of the molecule is CCCNC(=O)[C@H](C)N(Cc1ccccc1)C(=O)CN(c1cccc(C(C)=O)c1)S(C)(=O)=O. The normalized spacial score (nSPS) is 12.0. The number of carbonyl (C=O) groups is 3. The Morgan fingerprint density at radius 3 is 2.27 bits per heavy atom. The van der Waals surface area contributed by atoms with E-state index in [0.29, 0.717) is 12.1 Å². The van der Waals surface area contributed by atoms with E-state index in [1.807, 2.05) is 37.3 Å². The predicted molar refractivity (Wildman–Crippen MR) is 128 cm³/mol. The van der Waals surface area contributed by atoms with Crippen LogP contribution < -0.4 is 9.62 Å². The lowest BCUT2D eigenvalue weighted by Crippen LogP contribution is -2.51. The van der Waals surface area contributed by atoms with Crippen LogP contribution in [0.25, 0.3) is 0 Å². The number of carbonyl (C=O) groups excluding carboxylic acids is 3. The Balaban J connectivity index is 2.38. The highest BCUT2D eigenvalue weighted by molar-refractivity contribution is 7.92. The summed E-state index contributed by atoms with van der Waals surface area (Å²) in [6, 6.07) is 14.5. The molecule has 2 rings (SSSR count). The van der Waals surface area contributed by atoms with Crippen molar-refractivity contribution in [3.8, 4) is 0 Å². The van der Waals surface area contributed by atoms with Gasteiger partial charge < -0.3 is 10.2 Å². The van der Waals surface area contributed by atoms with Gasteiger partial charge in [-0.2, -0.15) is 0 Å². The van der Waals surface area contributed by atoms with Gasteiger partial charge in [-0.3, -0.25) is 18.7 Å². The molecule has 0 radical (unpaired) electrons. The second-order valence-corrected chi connectivity index (χ2v) is 9.76. The van der Waals surface area contributed by atoms with Gasteiger partial charge in [0.15, 0.2) is 5.78 Å². The zero-order chi connectivity index (χ0) is 24.6. The standard InChI is InChI=1S/C24H31N3O5S/c1-5-14-25-24(30)18(2)26(16-20-10-7-6-8-11-20)23(29)17-27(33(4,31)32)22-13-9-12-21(15-22)19(3)28/h6-13,15,18H,5,14,16-17H2,1-4H3,(H,25,30)/t18-/m0/s1. The van der Waals surface area contributed by atoms with Crippen LogP contribution in [0.1, 0.15) is 43.1 Å². The molecule has 0 aliphatic rings. The van der Waals surface area contributed by atoms with Crippen molar-refractivity contribution in [3.63, 3.8) is 0 Å². The van der Waals surface area contributed by atoms with Crippen molar-refractivity contribution in [1.29, 1.82) is 0 Å². The molecule has 1 atom stereocenters. The molecule has 0 aliphatic heterocycles. The van der Waals surface area contributed by atoms with E-state index in [-0.39, 0.29) is 23.9 Å². The summed E-state index contributed by atoms with van der Waals surface area (Å²) in [6.07, 6.45) is 1.75. The van der Waals surface area contributed by atoms with Crippen molar-refractivity contribution in [1.82, 2.24) is 10.2 Å². The Morgan fingerprint density at radius 1 is 1.03 bits per heavy atom. The quantitative estimate of drug-likeness (QED) is 0.505. The minimum atomic E-state index is -3.85. The lowest BCUT2D eigenvalue weighted by atomic mass is 10.1. The number of rotatable bonds is 11. The lowest BCUT2D eigenvalue weighted by molar-refractivity contribution is -0.139. The van der Waals surface area contributed by atoms with E-state index in [9.17, 15) is 22.8 Å². The van der Waals surface area contributed by atoms with Crippen LogP contribution in [-0.4, -0.2) is 56.3 Å². The molecule has 0 aliphatic carbocycles. The molecule has 8 nitrogen and oxygen atoms in total. The van der Waals surface area contributed by atoms with E-state index in [1.165, 1.54) is 24.0 Å². The number of hydrogen-bond acceptors (Lipinski definition) is 5. The topological polar surface area (TPSA) is 104 Å². The predicted octanol–water partition coefficient (Wildman–Crippen LogP) is 2.60. The smallest absolute Gasteiger partial charge is 0.244 e. The van der Waals surface area contributed by atoms with Gasteiger partial charge in [0, 0.05) is 18.7 Å². The summed E-state index contributed by atoms with van der Waals surface area (Å²) in [7, 11) is -3.85. The van der Waals surface area contributed by atoms with Gasteiger partial charge in [0.1, 0.15) is 12.6 Å². The number of benzene rings is 2. The fourth-order valence-corrected chi connectivity index (χ4v) is 4.09. The van der Waals surface area contributed by atoms with Gasteiger partial charge in [-0.05, 0) is 38.0 Å². The summed E-state index contributed by atoms with van der Waals surface area (Å²) in [5.41, 5.74) is 1.36. The van der Waals surface area contributed by atoms with Gasteiger partial charge in [0.25, 0.3) is 0 Å². The van der Waals surface area contributed by atoms with Crippen LogP contribution in [0.4, 0.5) is 5.69 Å². The number of sulfonamides is 1. The summed E-state index contributed by atoms with van der Waals surface area (Å²) in [5.74, 6) is -1.06. The average Bonchev–Trinajstić information content (AvgIpc) is 2.78. The van der Waals surface area contributed by atoms with Crippen LogP contribution in [0.3, 0.4) is 0 Å². The van der Waals surface area contributed by atoms with Gasteiger partial charge in [-0.25, -0.2) is 8.42 Å². The highest BCUT2D eigenvalue weighted by atomic mass is 32.2. The molecule has 2 aromatic carbocycles.